The topological polar surface area (TPSA) is 87.7 Å². The van der Waals surface area contributed by atoms with Gasteiger partial charge in [0, 0.05) is 31.8 Å². The van der Waals surface area contributed by atoms with E-state index in [4.69, 9.17) is 17.0 Å². The van der Waals surface area contributed by atoms with Gasteiger partial charge in [0.2, 0.25) is 10.0 Å². The lowest BCUT2D eigenvalue weighted by atomic mass is 10.2. The van der Waals surface area contributed by atoms with Crippen molar-refractivity contribution in [3.63, 3.8) is 0 Å². The van der Waals surface area contributed by atoms with Gasteiger partial charge in [-0.2, -0.15) is 0 Å². The van der Waals surface area contributed by atoms with Crippen LogP contribution in [-0.2, 0) is 16.4 Å². The molecule has 0 heterocycles. The van der Waals surface area contributed by atoms with Crippen molar-refractivity contribution in [3.8, 4) is 5.75 Å². The summed E-state index contributed by atoms with van der Waals surface area (Å²) in [7, 11) is -0.577. The van der Waals surface area contributed by atoms with Crippen LogP contribution in [0, 0.1) is 0 Å². The van der Waals surface area contributed by atoms with Crippen molar-refractivity contribution < 1.29 is 17.9 Å². The molecule has 33 heavy (non-hydrogen) atoms. The van der Waals surface area contributed by atoms with Crippen LogP contribution in [0.25, 0.3) is 0 Å². The van der Waals surface area contributed by atoms with E-state index in [0.717, 1.165) is 10.7 Å². The monoisotopic (exact) mass is 483 g/mol. The third-order valence-corrected chi connectivity index (χ3v) is 6.75. The van der Waals surface area contributed by atoms with Gasteiger partial charge in [0.25, 0.3) is 5.91 Å². The van der Waals surface area contributed by atoms with E-state index in [-0.39, 0.29) is 15.9 Å². The Bertz CT molecular complexity index is 1210. The third-order valence-electron chi connectivity index (χ3n) is 4.72. The maximum atomic E-state index is 12.6. The van der Waals surface area contributed by atoms with E-state index in [1.807, 2.05) is 30.3 Å². The van der Waals surface area contributed by atoms with Gasteiger partial charge in [0.05, 0.1) is 11.5 Å². The summed E-state index contributed by atoms with van der Waals surface area (Å²) in [6.45, 7) is 0.495. The molecule has 0 unspecified atom stereocenters. The molecule has 0 fully saturated rings. The number of carbonyl (C=O) groups is 1. The quantitative estimate of drug-likeness (QED) is 0.475. The van der Waals surface area contributed by atoms with Gasteiger partial charge in [0.1, 0.15) is 5.75 Å². The number of nitrogens with zero attached hydrogens (tertiary/aromatic N) is 1. The third kappa shape index (κ3) is 6.85. The van der Waals surface area contributed by atoms with Crippen molar-refractivity contribution in [3.05, 3.63) is 90.0 Å². The number of hydrogen-bond acceptors (Lipinski definition) is 5. The summed E-state index contributed by atoms with van der Waals surface area (Å²) in [5, 5.41) is 5.59. The Morgan fingerprint density at radius 2 is 1.67 bits per heavy atom. The van der Waals surface area contributed by atoms with Crippen LogP contribution >= 0.6 is 12.2 Å². The zero-order valence-electron chi connectivity index (χ0n) is 18.3. The highest BCUT2D eigenvalue weighted by Crippen LogP contribution is 2.17. The lowest BCUT2D eigenvalue weighted by molar-refractivity contribution is 0.0977. The van der Waals surface area contributed by atoms with Gasteiger partial charge in [-0.1, -0.05) is 36.4 Å². The number of ether oxygens (including phenoxy) is 1. The summed E-state index contributed by atoms with van der Waals surface area (Å²) in [6, 6.07) is 23.0. The molecule has 0 aliphatic rings. The minimum absolute atomic E-state index is 0.0959. The van der Waals surface area contributed by atoms with Gasteiger partial charge in [-0.05, 0) is 60.2 Å². The van der Waals surface area contributed by atoms with Crippen molar-refractivity contribution in [2.45, 2.75) is 11.3 Å². The molecule has 1 amide bonds. The Balaban J connectivity index is 1.54. The smallest absolute Gasteiger partial charge is 0.257 e. The number of thiocarbonyl (C=S) groups is 1. The van der Waals surface area contributed by atoms with Crippen LogP contribution in [0.2, 0.25) is 0 Å². The normalized spacial score (nSPS) is 11.1. The molecule has 0 bridgehead atoms. The number of sulfonamides is 1. The number of carbonyl (C=O) groups excluding carboxylic acids is 1. The maximum Gasteiger partial charge on any atom is 0.257 e. The van der Waals surface area contributed by atoms with E-state index in [1.165, 1.54) is 31.8 Å². The molecule has 3 rings (SSSR count). The van der Waals surface area contributed by atoms with Crippen LogP contribution in [-0.4, -0.2) is 44.4 Å². The molecule has 7 nitrogen and oxygen atoms in total. The predicted octanol–water partition coefficient (Wildman–Crippen LogP) is 3.69. The lowest BCUT2D eigenvalue weighted by Crippen LogP contribution is -2.34. The van der Waals surface area contributed by atoms with Crippen molar-refractivity contribution in [2.75, 3.05) is 26.0 Å². The van der Waals surface area contributed by atoms with Crippen LogP contribution in [0.3, 0.4) is 0 Å². The van der Waals surface area contributed by atoms with Crippen molar-refractivity contribution >= 4 is 38.9 Å². The first kappa shape index (κ1) is 24.4. The molecule has 0 aromatic heterocycles. The summed E-state index contributed by atoms with van der Waals surface area (Å²) >= 11 is 5.22. The average molecular weight is 484 g/mol. The molecule has 9 heteroatoms. The first-order valence-electron chi connectivity index (χ1n) is 10.2. The lowest BCUT2D eigenvalue weighted by Gasteiger charge is -2.13. The zero-order chi connectivity index (χ0) is 23.8. The van der Waals surface area contributed by atoms with Crippen LogP contribution in [0.15, 0.2) is 83.8 Å². The molecule has 0 saturated carbocycles. The van der Waals surface area contributed by atoms with Gasteiger partial charge in [-0.3, -0.25) is 10.1 Å². The molecule has 0 spiro atoms. The number of amides is 1. The fourth-order valence-corrected chi connectivity index (χ4v) is 4.03. The second-order valence-electron chi connectivity index (χ2n) is 7.33. The Hall–Kier alpha value is -3.27. The molecule has 3 aromatic carbocycles. The second-order valence-corrected chi connectivity index (χ2v) is 9.89. The van der Waals surface area contributed by atoms with E-state index in [1.54, 1.807) is 36.4 Å². The van der Waals surface area contributed by atoms with E-state index >= 15 is 0 Å². The van der Waals surface area contributed by atoms with Gasteiger partial charge >= 0.3 is 0 Å². The fraction of sp³-hybridized carbons (Fsp3) is 0.167. The molecule has 0 atom stereocenters. The Morgan fingerprint density at radius 1 is 0.970 bits per heavy atom. The predicted molar refractivity (Wildman–Crippen MR) is 133 cm³/mol. The SMILES string of the molecule is CN(C)S(=O)(=O)c1ccc(NC(=S)NC(=O)c2cccc(OCCc3ccccc3)c2)cc1. The Labute approximate surface area is 199 Å². The number of rotatable bonds is 8. The number of anilines is 1. The summed E-state index contributed by atoms with van der Waals surface area (Å²) in [4.78, 5) is 12.7. The first-order chi connectivity index (χ1) is 15.8. The fourth-order valence-electron chi connectivity index (χ4n) is 2.92. The standard InChI is InChI=1S/C24H25N3O4S2/c1-27(2)33(29,30)22-13-11-20(12-14-22)25-24(32)26-23(28)19-9-6-10-21(17-19)31-16-15-18-7-4-3-5-8-18/h3-14,17H,15-16H2,1-2H3,(H2,25,26,28,32). The van der Waals surface area contributed by atoms with E-state index in [2.05, 4.69) is 10.6 Å². The molecular weight excluding hydrogens is 458 g/mol. The van der Waals surface area contributed by atoms with Crippen LogP contribution in [0.4, 0.5) is 5.69 Å². The van der Waals surface area contributed by atoms with Gasteiger partial charge in [-0.25, -0.2) is 12.7 Å². The summed E-state index contributed by atoms with van der Waals surface area (Å²) in [5.41, 5.74) is 2.13. The highest BCUT2D eigenvalue weighted by molar-refractivity contribution is 7.89. The van der Waals surface area contributed by atoms with Crippen LogP contribution in [0.1, 0.15) is 15.9 Å². The van der Waals surface area contributed by atoms with Crippen LogP contribution in [0.5, 0.6) is 5.75 Å². The van der Waals surface area contributed by atoms with Crippen LogP contribution < -0.4 is 15.4 Å². The second kappa shape index (κ2) is 11.0. The molecule has 3 aromatic rings. The Morgan fingerprint density at radius 3 is 2.33 bits per heavy atom. The summed E-state index contributed by atoms with van der Waals surface area (Å²) in [6.07, 6.45) is 0.764. The van der Waals surface area contributed by atoms with E-state index in [9.17, 15) is 13.2 Å². The summed E-state index contributed by atoms with van der Waals surface area (Å²) in [5.74, 6) is 0.211. The van der Waals surface area contributed by atoms with Gasteiger partial charge < -0.3 is 10.1 Å². The van der Waals surface area contributed by atoms with E-state index in [0.29, 0.717) is 23.6 Å². The molecule has 172 valence electrons. The molecule has 0 radical (unpaired) electrons. The van der Waals surface area contributed by atoms with Crippen molar-refractivity contribution in [1.82, 2.24) is 9.62 Å². The van der Waals surface area contributed by atoms with Crippen molar-refractivity contribution in [2.24, 2.45) is 0 Å². The number of nitrogens with one attached hydrogen (secondary N) is 2. The highest BCUT2D eigenvalue weighted by atomic mass is 32.2. The molecule has 0 saturated heterocycles. The van der Waals surface area contributed by atoms with Gasteiger partial charge in [0.15, 0.2) is 5.11 Å². The molecule has 0 aliphatic heterocycles. The van der Waals surface area contributed by atoms with E-state index < -0.39 is 10.0 Å². The maximum absolute atomic E-state index is 12.6. The number of hydrogen-bond donors (Lipinski definition) is 2. The molecular formula is C24H25N3O4S2. The Kier molecular flexibility index (Phi) is 8.16. The number of benzene rings is 3. The highest BCUT2D eigenvalue weighted by Gasteiger charge is 2.17. The minimum atomic E-state index is -3.51. The summed E-state index contributed by atoms with van der Waals surface area (Å²) < 4.78 is 31.2. The van der Waals surface area contributed by atoms with Gasteiger partial charge in [-0.15, -0.1) is 0 Å². The molecule has 0 aliphatic carbocycles. The minimum Gasteiger partial charge on any atom is -0.493 e. The molecule has 2 N–H and O–H groups in total. The first-order valence-corrected chi connectivity index (χ1v) is 12.0. The largest absolute Gasteiger partial charge is 0.493 e. The zero-order valence-corrected chi connectivity index (χ0v) is 19.9. The van der Waals surface area contributed by atoms with Crippen molar-refractivity contribution in [1.29, 1.82) is 0 Å². The average Bonchev–Trinajstić information content (AvgIpc) is 2.80.